The number of carbonyl (C=O) groups is 3. The van der Waals surface area contributed by atoms with Gasteiger partial charge in [-0.25, -0.2) is 9.59 Å². The van der Waals surface area contributed by atoms with Crippen LogP contribution < -0.4 is 19.5 Å². The molecular weight excluding hydrogens is 382 g/mol. The van der Waals surface area contributed by atoms with Crippen molar-refractivity contribution in [3.8, 4) is 17.2 Å². The van der Waals surface area contributed by atoms with Gasteiger partial charge in [-0.2, -0.15) is 0 Å². The summed E-state index contributed by atoms with van der Waals surface area (Å²) in [5.74, 6) is -0.639. The summed E-state index contributed by atoms with van der Waals surface area (Å²) in [6, 6.07) is 8.94. The van der Waals surface area contributed by atoms with E-state index in [2.05, 4.69) is 14.8 Å². The zero-order chi connectivity index (χ0) is 21.4. The van der Waals surface area contributed by atoms with Gasteiger partial charge in [0.1, 0.15) is 17.2 Å². The Balaban J connectivity index is 2.13. The molecule has 0 aliphatic heterocycles. The smallest absolute Gasteiger partial charge is 0.338 e. The van der Waals surface area contributed by atoms with Crippen LogP contribution in [-0.2, 0) is 14.3 Å². The molecular formula is C20H21NO8. The molecule has 154 valence electrons. The molecule has 2 rings (SSSR count). The molecule has 0 atom stereocenters. The van der Waals surface area contributed by atoms with E-state index in [1.165, 1.54) is 46.6 Å². The normalized spacial score (nSPS) is 9.93. The number of esters is 2. The number of carbonyl (C=O) groups excluding carboxylic acids is 3. The molecule has 9 nitrogen and oxygen atoms in total. The first-order valence-electron chi connectivity index (χ1n) is 8.37. The Morgan fingerprint density at radius 1 is 0.724 bits per heavy atom. The van der Waals surface area contributed by atoms with E-state index in [0.717, 1.165) is 0 Å². The molecule has 2 aromatic carbocycles. The lowest BCUT2D eigenvalue weighted by Gasteiger charge is -2.12. The average Bonchev–Trinajstić information content (AvgIpc) is 2.75. The molecule has 0 aliphatic rings. The van der Waals surface area contributed by atoms with Crippen molar-refractivity contribution in [2.75, 3.05) is 40.4 Å². The van der Waals surface area contributed by atoms with E-state index in [1.54, 1.807) is 18.2 Å². The lowest BCUT2D eigenvalue weighted by molar-refractivity contribution is -0.118. The van der Waals surface area contributed by atoms with Crippen molar-refractivity contribution >= 4 is 23.5 Å². The van der Waals surface area contributed by atoms with E-state index < -0.39 is 17.8 Å². The highest BCUT2D eigenvalue weighted by Gasteiger charge is 2.15. The maximum atomic E-state index is 12.2. The van der Waals surface area contributed by atoms with E-state index in [-0.39, 0.29) is 23.5 Å². The lowest BCUT2D eigenvalue weighted by atomic mass is 10.1. The summed E-state index contributed by atoms with van der Waals surface area (Å²) in [5.41, 5.74) is 0.625. The first-order chi connectivity index (χ1) is 13.9. The SMILES string of the molecule is COC(=O)c1cc(OCC(=O)Nc2cc(OC)cc(OC)c2)cc(C(=O)OC)c1. The van der Waals surface area contributed by atoms with Crippen molar-refractivity contribution in [2.45, 2.75) is 0 Å². The van der Waals surface area contributed by atoms with Gasteiger partial charge in [-0.05, 0) is 18.2 Å². The molecule has 0 bridgehead atoms. The number of hydrogen-bond acceptors (Lipinski definition) is 8. The predicted molar refractivity (Wildman–Crippen MR) is 103 cm³/mol. The van der Waals surface area contributed by atoms with Gasteiger partial charge in [0, 0.05) is 23.9 Å². The second-order valence-corrected chi connectivity index (χ2v) is 5.67. The van der Waals surface area contributed by atoms with Crippen molar-refractivity contribution in [3.63, 3.8) is 0 Å². The molecule has 1 amide bonds. The van der Waals surface area contributed by atoms with E-state index in [9.17, 15) is 14.4 Å². The first kappa shape index (κ1) is 21.5. The average molecular weight is 403 g/mol. The fraction of sp³-hybridized carbons (Fsp3) is 0.250. The van der Waals surface area contributed by atoms with E-state index >= 15 is 0 Å². The predicted octanol–water partition coefficient (Wildman–Crippen LogP) is 2.29. The molecule has 0 spiro atoms. The van der Waals surface area contributed by atoms with E-state index in [0.29, 0.717) is 17.2 Å². The van der Waals surface area contributed by atoms with Gasteiger partial charge < -0.3 is 29.0 Å². The summed E-state index contributed by atoms with van der Waals surface area (Å²) < 4.78 is 25.1. The maximum absolute atomic E-state index is 12.2. The Morgan fingerprint density at radius 2 is 1.24 bits per heavy atom. The molecule has 2 aromatic rings. The third-order valence-corrected chi connectivity index (χ3v) is 3.75. The first-order valence-corrected chi connectivity index (χ1v) is 8.37. The number of anilines is 1. The second-order valence-electron chi connectivity index (χ2n) is 5.67. The minimum absolute atomic E-state index is 0.0864. The lowest BCUT2D eigenvalue weighted by Crippen LogP contribution is -2.20. The number of ether oxygens (including phenoxy) is 5. The highest BCUT2D eigenvalue weighted by molar-refractivity contribution is 5.96. The van der Waals surface area contributed by atoms with Crippen LogP contribution in [-0.4, -0.2) is 52.9 Å². The zero-order valence-electron chi connectivity index (χ0n) is 16.4. The van der Waals surface area contributed by atoms with Gasteiger partial charge in [0.25, 0.3) is 5.91 Å². The van der Waals surface area contributed by atoms with Crippen molar-refractivity contribution in [1.29, 1.82) is 0 Å². The van der Waals surface area contributed by atoms with Crippen LogP contribution in [0.15, 0.2) is 36.4 Å². The van der Waals surface area contributed by atoms with Crippen LogP contribution in [0.5, 0.6) is 17.2 Å². The van der Waals surface area contributed by atoms with E-state index in [1.807, 2.05) is 0 Å². The van der Waals surface area contributed by atoms with Gasteiger partial charge >= 0.3 is 11.9 Å². The fourth-order valence-corrected chi connectivity index (χ4v) is 2.38. The summed E-state index contributed by atoms with van der Waals surface area (Å²) in [6.45, 7) is -0.370. The van der Waals surface area contributed by atoms with Crippen LogP contribution in [0.25, 0.3) is 0 Å². The van der Waals surface area contributed by atoms with Gasteiger partial charge in [-0.15, -0.1) is 0 Å². The van der Waals surface area contributed by atoms with Crippen molar-refractivity contribution in [1.82, 2.24) is 0 Å². The number of methoxy groups -OCH3 is 4. The number of hydrogen-bond donors (Lipinski definition) is 1. The van der Waals surface area contributed by atoms with Crippen LogP contribution in [0.2, 0.25) is 0 Å². The molecule has 0 saturated heterocycles. The third-order valence-electron chi connectivity index (χ3n) is 3.75. The Bertz CT molecular complexity index is 853. The summed E-state index contributed by atoms with van der Waals surface area (Å²) >= 11 is 0. The van der Waals surface area contributed by atoms with Crippen LogP contribution in [0.1, 0.15) is 20.7 Å². The Kier molecular flexibility index (Phi) is 7.41. The molecule has 0 heterocycles. The van der Waals surface area contributed by atoms with E-state index in [4.69, 9.17) is 14.2 Å². The number of rotatable bonds is 8. The topological polar surface area (TPSA) is 109 Å². The molecule has 0 fully saturated rings. The second kappa shape index (κ2) is 9.98. The minimum Gasteiger partial charge on any atom is -0.497 e. The van der Waals surface area contributed by atoms with Crippen LogP contribution in [0.4, 0.5) is 5.69 Å². The Morgan fingerprint density at radius 3 is 1.69 bits per heavy atom. The van der Waals surface area contributed by atoms with Crippen LogP contribution in [0.3, 0.4) is 0 Å². The molecule has 0 aromatic heterocycles. The molecule has 0 saturated carbocycles. The summed E-state index contributed by atoms with van der Waals surface area (Å²) in [6.07, 6.45) is 0. The molecule has 0 unspecified atom stereocenters. The maximum Gasteiger partial charge on any atom is 0.338 e. The Hall–Kier alpha value is -3.75. The fourth-order valence-electron chi connectivity index (χ4n) is 2.38. The molecule has 0 aliphatic carbocycles. The number of nitrogens with one attached hydrogen (secondary N) is 1. The minimum atomic E-state index is -0.659. The molecule has 1 N–H and O–H groups in total. The largest absolute Gasteiger partial charge is 0.497 e. The molecule has 9 heteroatoms. The monoisotopic (exact) mass is 403 g/mol. The van der Waals surface area contributed by atoms with Gasteiger partial charge in [0.2, 0.25) is 0 Å². The van der Waals surface area contributed by atoms with Crippen molar-refractivity contribution in [2.24, 2.45) is 0 Å². The summed E-state index contributed by atoms with van der Waals surface area (Å²) in [5, 5.41) is 2.65. The highest BCUT2D eigenvalue weighted by Crippen LogP contribution is 2.26. The molecule has 29 heavy (non-hydrogen) atoms. The van der Waals surface area contributed by atoms with Crippen molar-refractivity contribution < 1.29 is 38.1 Å². The van der Waals surface area contributed by atoms with Crippen molar-refractivity contribution in [3.05, 3.63) is 47.5 Å². The summed E-state index contributed by atoms with van der Waals surface area (Å²) in [7, 11) is 5.42. The number of benzene rings is 2. The standard InChI is InChI=1S/C20H21NO8/c1-25-15-8-14(9-16(10-15)26-2)21-18(22)11-29-17-6-12(19(23)27-3)5-13(7-17)20(24)28-4/h5-10H,11H2,1-4H3,(H,21,22). The van der Waals surface area contributed by atoms with Gasteiger partial charge in [-0.1, -0.05) is 0 Å². The van der Waals surface area contributed by atoms with Gasteiger partial charge in [0.05, 0.1) is 39.6 Å². The van der Waals surface area contributed by atoms with Crippen LogP contribution >= 0.6 is 0 Å². The highest BCUT2D eigenvalue weighted by atomic mass is 16.5. The third kappa shape index (κ3) is 5.86. The number of amides is 1. The quantitative estimate of drug-likeness (QED) is 0.669. The summed E-state index contributed by atoms with van der Waals surface area (Å²) in [4.78, 5) is 35.8. The molecule has 0 radical (unpaired) electrons. The zero-order valence-corrected chi connectivity index (χ0v) is 16.4. The van der Waals surface area contributed by atoms with Crippen LogP contribution in [0, 0.1) is 0 Å². The van der Waals surface area contributed by atoms with Gasteiger partial charge in [-0.3, -0.25) is 4.79 Å². The Labute approximate surface area is 167 Å². The van der Waals surface area contributed by atoms with Gasteiger partial charge in [0.15, 0.2) is 6.61 Å².